The van der Waals surface area contributed by atoms with Crippen LogP contribution in [0.2, 0.25) is 0 Å². The summed E-state index contributed by atoms with van der Waals surface area (Å²) < 4.78 is 8.19. The first kappa shape index (κ1) is 15.6. The molecule has 4 nitrogen and oxygen atoms in total. The van der Waals surface area contributed by atoms with Crippen molar-refractivity contribution in [3.05, 3.63) is 65.1 Å². The third-order valence-electron chi connectivity index (χ3n) is 4.02. The van der Waals surface area contributed by atoms with E-state index in [1.807, 2.05) is 24.3 Å². The molecule has 2 heterocycles. The highest BCUT2D eigenvalue weighted by atomic mass is 16.5. The van der Waals surface area contributed by atoms with Crippen LogP contribution in [0.15, 0.2) is 42.6 Å². The van der Waals surface area contributed by atoms with E-state index >= 15 is 0 Å². The third-order valence-corrected chi connectivity index (χ3v) is 4.02. The maximum Gasteiger partial charge on any atom is 0.180 e. The zero-order valence-electron chi connectivity index (χ0n) is 14.2. The maximum atomic E-state index is 6.06. The lowest BCUT2D eigenvalue weighted by Gasteiger charge is -2.12. The van der Waals surface area contributed by atoms with Crippen LogP contribution in [-0.4, -0.2) is 28.4 Å². The Morgan fingerprint density at radius 1 is 1.09 bits per heavy atom. The first-order valence-corrected chi connectivity index (χ1v) is 7.85. The molecule has 4 heteroatoms. The fraction of sp³-hybridized carbons (Fsp3) is 0.316. The highest BCUT2D eigenvalue weighted by molar-refractivity contribution is 5.56. The fourth-order valence-electron chi connectivity index (χ4n) is 2.74. The van der Waals surface area contributed by atoms with Crippen LogP contribution in [0.5, 0.6) is 5.75 Å². The van der Waals surface area contributed by atoms with Crippen molar-refractivity contribution in [2.24, 2.45) is 0 Å². The Morgan fingerprint density at radius 2 is 1.87 bits per heavy atom. The van der Waals surface area contributed by atoms with E-state index in [9.17, 15) is 0 Å². The summed E-state index contributed by atoms with van der Waals surface area (Å²) in [6.45, 7) is 5.57. The minimum atomic E-state index is 0.557. The molecule has 0 saturated heterocycles. The topological polar surface area (TPSA) is 29.8 Å². The number of pyridine rings is 1. The summed E-state index contributed by atoms with van der Waals surface area (Å²) in [6.07, 6.45) is 2.05. The van der Waals surface area contributed by atoms with Gasteiger partial charge in [0, 0.05) is 12.7 Å². The molecule has 0 atom stereocenters. The Hall–Kier alpha value is -2.33. The highest BCUT2D eigenvalue weighted by Gasteiger charge is 2.13. The minimum Gasteiger partial charge on any atom is -0.485 e. The van der Waals surface area contributed by atoms with Gasteiger partial charge in [0.05, 0.1) is 11.4 Å². The van der Waals surface area contributed by atoms with Crippen LogP contribution >= 0.6 is 0 Å². The van der Waals surface area contributed by atoms with E-state index in [0.717, 1.165) is 23.6 Å². The molecule has 0 unspecified atom stereocenters. The summed E-state index contributed by atoms with van der Waals surface area (Å²) in [5.74, 6) is 0.823. The van der Waals surface area contributed by atoms with Crippen LogP contribution < -0.4 is 4.74 Å². The van der Waals surface area contributed by atoms with Gasteiger partial charge in [-0.2, -0.15) is 0 Å². The van der Waals surface area contributed by atoms with Gasteiger partial charge in [-0.3, -0.25) is 4.40 Å². The lowest BCUT2D eigenvalue weighted by Crippen LogP contribution is -2.13. The summed E-state index contributed by atoms with van der Waals surface area (Å²) in [5, 5.41) is 0. The van der Waals surface area contributed by atoms with Crippen LogP contribution in [0.1, 0.15) is 22.5 Å². The normalized spacial score (nSPS) is 11.3. The Kier molecular flexibility index (Phi) is 4.35. The SMILES string of the molecule is Cc1ccccc1COc1cccn2c(CN(C)C)c(C)nc12. The van der Waals surface area contributed by atoms with Gasteiger partial charge in [0.25, 0.3) is 0 Å². The molecule has 0 spiro atoms. The van der Waals surface area contributed by atoms with E-state index in [1.165, 1.54) is 16.8 Å². The molecular formula is C19H23N3O. The van der Waals surface area contributed by atoms with Gasteiger partial charge in [0.1, 0.15) is 6.61 Å². The average Bonchev–Trinajstić information content (AvgIpc) is 2.83. The highest BCUT2D eigenvalue weighted by Crippen LogP contribution is 2.24. The minimum absolute atomic E-state index is 0.557. The Bertz CT molecular complexity index is 821. The smallest absolute Gasteiger partial charge is 0.180 e. The molecule has 1 aromatic carbocycles. The molecule has 0 aliphatic carbocycles. The number of imidazole rings is 1. The van der Waals surface area contributed by atoms with Crippen molar-refractivity contribution in [1.29, 1.82) is 0 Å². The molecule has 0 aliphatic heterocycles. The van der Waals surface area contributed by atoms with Gasteiger partial charge < -0.3 is 9.64 Å². The zero-order valence-corrected chi connectivity index (χ0v) is 14.2. The number of rotatable bonds is 5. The molecule has 0 fully saturated rings. The molecule has 23 heavy (non-hydrogen) atoms. The van der Waals surface area contributed by atoms with Gasteiger partial charge in [0.2, 0.25) is 0 Å². The summed E-state index contributed by atoms with van der Waals surface area (Å²) in [4.78, 5) is 6.86. The molecule has 0 radical (unpaired) electrons. The van der Waals surface area contributed by atoms with E-state index < -0.39 is 0 Å². The first-order chi connectivity index (χ1) is 11.1. The van der Waals surface area contributed by atoms with Crippen LogP contribution in [0, 0.1) is 13.8 Å². The lowest BCUT2D eigenvalue weighted by atomic mass is 10.1. The number of aryl methyl sites for hydroxylation is 2. The molecule has 3 rings (SSSR count). The number of ether oxygens (including phenoxy) is 1. The second-order valence-corrected chi connectivity index (χ2v) is 6.16. The van der Waals surface area contributed by atoms with Gasteiger partial charge in [-0.05, 0) is 51.2 Å². The van der Waals surface area contributed by atoms with E-state index in [0.29, 0.717) is 6.61 Å². The van der Waals surface area contributed by atoms with E-state index in [1.54, 1.807) is 0 Å². The first-order valence-electron chi connectivity index (χ1n) is 7.85. The fourth-order valence-corrected chi connectivity index (χ4v) is 2.74. The molecule has 2 aromatic heterocycles. The maximum absolute atomic E-state index is 6.06. The van der Waals surface area contributed by atoms with Crippen LogP contribution in [0.4, 0.5) is 0 Å². The van der Waals surface area contributed by atoms with Crippen molar-refractivity contribution in [3.63, 3.8) is 0 Å². The van der Waals surface area contributed by atoms with Crippen molar-refractivity contribution >= 4 is 5.65 Å². The second kappa shape index (κ2) is 6.42. The lowest BCUT2D eigenvalue weighted by molar-refractivity contribution is 0.307. The molecule has 0 aliphatic rings. The number of hydrogen-bond donors (Lipinski definition) is 0. The van der Waals surface area contributed by atoms with E-state index in [-0.39, 0.29) is 0 Å². The average molecular weight is 309 g/mol. The molecule has 120 valence electrons. The van der Waals surface area contributed by atoms with Gasteiger partial charge in [-0.15, -0.1) is 0 Å². The van der Waals surface area contributed by atoms with Crippen molar-refractivity contribution in [1.82, 2.24) is 14.3 Å². The Balaban J connectivity index is 1.91. The molecule has 0 amide bonds. The molecule has 0 N–H and O–H groups in total. The van der Waals surface area contributed by atoms with Crippen molar-refractivity contribution in [2.75, 3.05) is 14.1 Å². The van der Waals surface area contributed by atoms with Crippen LogP contribution in [-0.2, 0) is 13.2 Å². The quantitative estimate of drug-likeness (QED) is 0.721. The number of benzene rings is 1. The Morgan fingerprint density at radius 3 is 2.61 bits per heavy atom. The second-order valence-electron chi connectivity index (χ2n) is 6.16. The number of fused-ring (bicyclic) bond motifs is 1. The molecule has 3 aromatic rings. The predicted molar refractivity (Wildman–Crippen MR) is 92.8 cm³/mol. The van der Waals surface area contributed by atoms with Gasteiger partial charge in [0.15, 0.2) is 11.4 Å². The van der Waals surface area contributed by atoms with E-state index in [4.69, 9.17) is 9.72 Å². The predicted octanol–water partition coefficient (Wildman–Crippen LogP) is 3.59. The zero-order chi connectivity index (χ0) is 16.4. The standard InChI is InChI=1S/C19H23N3O/c1-14-8-5-6-9-16(14)13-23-18-10-7-11-22-17(12-21(3)4)15(2)20-19(18)22/h5-11H,12-13H2,1-4H3. The molecule has 0 bridgehead atoms. The number of nitrogens with zero attached hydrogens (tertiary/aromatic N) is 3. The van der Waals surface area contributed by atoms with Crippen LogP contribution in [0.25, 0.3) is 5.65 Å². The number of hydrogen-bond acceptors (Lipinski definition) is 3. The van der Waals surface area contributed by atoms with Crippen molar-refractivity contribution in [2.45, 2.75) is 27.0 Å². The third kappa shape index (κ3) is 3.22. The number of aromatic nitrogens is 2. The van der Waals surface area contributed by atoms with Crippen molar-refractivity contribution < 1.29 is 4.74 Å². The largest absolute Gasteiger partial charge is 0.485 e. The summed E-state index contributed by atoms with van der Waals surface area (Å²) >= 11 is 0. The summed E-state index contributed by atoms with van der Waals surface area (Å²) in [6, 6.07) is 12.3. The van der Waals surface area contributed by atoms with Gasteiger partial charge in [-0.1, -0.05) is 24.3 Å². The van der Waals surface area contributed by atoms with Gasteiger partial charge in [-0.25, -0.2) is 4.98 Å². The molecular weight excluding hydrogens is 286 g/mol. The van der Waals surface area contributed by atoms with Crippen molar-refractivity contribution in [3.8, 4) is 5.75 Å². The van der Waals surface area contributed by atoms with E-state index in [2.05, 4.69) is 55.6 Å². The van der Waals surface area contributed by atoms with Crippen LogP contribution in [0.3, 0.4) is 0 Å². The molecule has 0 saturated carbocycles. The summed E-state index contributed by atoms with van der Waals surface area (Å²) in [7, 11) is 4.13. The van der Waals surface area contributed by atoms with Gasteiger partial charge >= 0.3 is 0 Å². The monoisotopic (exact) mass is 309 g/mol. The Labute approximate surface area is 137 Å². The summed E-state index contributed by atoms with van der Waals surface area (Å²) in [5.41, 5.74) is 5.57.